The summed E-state index contributed by atoms with van der Waals surface area (Å²) in [4.78, 5) is 0. The number of allylic oxidation sites excluding steroid dienone is 6. The van der Waals surface area contributed by atoms with Gasteiger partial charge in [-0.1, -0.05) is 42.9 Å². The highest BCUT2D eigenvalue weighted by atomic mass is 13.9. The van der Waals surface area contributed by atoms with E-state index < -0.39 is 0 Å². The summed E-state index contributed by atoms with van der Waals surface area (Å²) in [6, 6.07) is 0. The second-order valence-corrected chi connectivity index (χ2v) is 3.39. The summed E-state index contributed by atoms with van der Waals surface area (Å²) in [6.07, 6.45) is 23.0. The highest BCUT2D eigenvalue weighted by Gasteiger charge is 1.86. The van der Waals surface area contributed by atoms with Gasteiger partial charge in [-0.25, -0.2) is 0 Å². The Morgan fingerprint density at radius 3 is 2.31 bits per heavy atom. The Balaban J connectivity index is 2.28. The van der Waals surface area contributed by atoms with Crippen LogP contribution >= 0.6 is 0 Å². The van der Waals surface area contributed by atoms with E-state index in [4.69, 9.17) is 0 Å². The summed E-state index contributed by atoms with van der Waals surface area (Å²) >= 11 is 0. The topological polar surface area (TPSA) is 0 Å². The largest absolute Gasteiger partial charge is 0.0882 e. The Bertz CT molecular complexity index is 164. The maximum absolute atomic E-state index is 2.30. The quantitative estimate of drug-likeness (QED) is 0.484. The van der Waals surface area contributed by atoms with Crippen LogP contribution in [-0.2, 0) is 0 Å². The molecule has 0 aromatic heterocycles. The van der Waals surface area contributed by atoms with E-state index in [2.05, 4.69) is 42.9 Å². The first-order valence-electron chi connectivity index (χ1n) is 5.30. The fraction of sp³-hybridized carbons (Fsp3) is 0.462. The first-order chi connectivity index (χ1) is 6.50. The van der Waals surface area contributed by atoms with E-state index in [1.54, 1.807) is 0 Å². The molecule has 1 radical (unpaired) electrons. The molecule has 0 N–H and O–H groups in total. The fourth-order valence-electron chi connectivity index (χ4n) is 1.39. The summed E-state index contributed by atoms with van der Waals surface area (Å²) in [5.74, 6) is 0. The Hall–Kier alpha value is -0.780. The van der Waals surface area contributed by atoms with Crippen molar-refractivity contribution >= 4 is 0 Å². The lowest BCUT2D eigenvalue weighted by Crippen LogP contribution is -1.74. The Morgan fingerprint density at radius 1 is 0.615 bits per heavy atom. The Morgan fingerprint density at radius 2 is 1.38 bits per heavy atom. The van der Waals surface area contributed by atoms with Gasteiger partial charge in [-0.05, 0) is 32.1 Å². The molecule has 0 saturated carbocycles. The summed E-state index contributed by atoms with van der Waals surface area (Å²) in [6.45, 7) is 0. The monoisotopic (exact) mass is 175 g/mol. The van der Waals surface area contributed by atoms with Crippen molar-refractivity contribution in [3.05, 3.63) is 42.9 Å². The first-order valence-corrected chi connectivity index (χ1v) is 5.30. The molecule has 1 aliphatic carbocycles. The van der Waals surface area contributed by atoms with Gasteiger partial charge in [-0.2, -0.15) is 0 Å². The van der Waals surface area contributed by atoms with Crippen molar-refractivity contribution in [2.24, 2.45) is 0 Å². The summed E-state index contributed by atoms with van der Waals surface area (Å²) in [5, 5.41) is 0. The SMILES string of the molecule is [CH]1/C=C/C/C=C\CCCCC/C=C/1. The van der Waals surface area contributed by atoms with Crippen LogP contribution < -0.4 is 0 Å². The summed E-state index contributed by atoms with van der Waals surface area (Å²) < 4.78 is 0. The van der Waals surface area contributed by atoms with Gasteiger partial charge in [0.2, 0.25) is 0 Å². The van der Waals surface area contributed by atoms with Crippen LogP contribution in [0, 0.1) is 6.42 Å². The van der Waals surface area contributed by atoms with Crippen LogP contribution in [0.25, 0.3) is 0 Å². The molecular formula is C13H19. The lowest BCUT2D eigenvalue weighted by atomic mass is 10.1. The first kappa shape index (κ1) is 10.3. The van der Waals surface area contributed by atoms with Gasteiger partial charge in [0.25, 0.3) is 0 Å². The smallest absolute Gasteiger partial charge is 0.00442 e. The van der Waals surface area contributed by atoms with Crippen molar-refractivity contribution < 1.29 is 0 Å². The van der Waals surface area contributed by atoms with Gasteiger partial charge in [-0.3, -0.25) is 0 Å². The van der Waals surface area contributed by atoms with Crippen molar-refractivity contribution in [1.29, 1.82) is 0 Å². The minimum Gasteiger partial charge on any atom is -0.0882 e. The van der Waals surface area contributed by atoms with Gasteiger partial charge in [0.15, 0.2) is 0 Å². The minimum absolute atomic E-state index is 1.07. The van der Waals surface area contributed by atoms with E-state index in [0.717, 1.165) is 6.42 Å². The second-order valence-electron chi connectivity index (χ2n) is 3.39. The molecule has 0 aromatic carbocycles. The zero-order valence-corrected chi connectivity index (χ0v) is 8.28. The molecule has 0 saturated heterocycles. The van der Waals surface area contributed by atoms with E-state index in [9.17, 15) is 0 Å². The maximum Gasteiger partial charge on any atom is 0.00442 e. The zero-order valence-electron chi connectivity index (χ0n) is 8.28. The standard InChI is InChI=1S/C13H19/c1-2-4-6-8-10-12-13-11-9-7-5-3-1/h1-5,8,10H,6-7,9,11-13H2/b4-2+,5-3+,10-8-. The van der Waals surface area contributed by atoms with Crippen LogP contribution in [0.15, 0.2) is 36.5 Å². The molecule has 0 heteroatoms. The molecule has 0 aliphatic heterocycles. The van der Waals surface area contributed by atoms with E-state index in [0.29, 0.717) is 0 Å². The van der Waals surface area contributed by atoms with Crippen LogP contribution in [-0.4, -0.2) is 0 Å². The molecule has 0 heterocycles. The molecule has 0 unspecified atom stereocenters. The number of hydrogen-bond acceptors (Lipinski definition) is 0. The minimum atomic E-state index is 1.07. The highest BCUT2D eigenvalue weighted by Crippen LogP contribution is 2.05. The summed E-state index contributed by atoms with van der Waals surface area (Å²) in [5.41, 5.74) is 0. The predicted octanol–water partition coefficient (Wildman–Crippen LogP) is 4.21. The number of hydrogen-bond donors (Lipinski definition) is 0. The van der Waals surface area contributed by atoms with Crippen molar-refractivity contribution in [3.63, 3.8) is 0 Å². The molecule has 0 amide bonds. The third kappa shape index (κ3) is 6.39. The van der Waals surface area contributed by atoms with Gasteiger partial charge in [0, 0.05) is 6.42 Å². The van der Waals surface area contributed by atoms with Gasteiger partial charge in [-0.15, -0.1) is 0 Å². The van der Waals surface area contributed by atoms with Gasteiger partial charge in [0.1, 0.15) is 0 Å². The van der Waals surface area contributed by atoms with E-state index in [-0.39, 0.29) is 0 Å². The molecule has 1 rings (SSSR count). The molecular weight excluding hydrogens is 156 g/mol. The highest BCUT2D eigenvalue weighted by molar-refractivity contribution is 5.09. The average Bonchev–Trinajstić information content (AvgIpc) is 2.18. The zero-order chi connectivity index (χ0) is 9.19. The van der Waals surface area contributed by atoms with Crippen LogP contribution in [0.4, 0.5) is 0 Å². The van der Waals surface area contributed by atoms with Gasteiger partial charge < -0.3 is 0 Å². The normalized spacial score (nSPS) is 27.7. The molecule has 13 heavy (non-hydrogen) atoms. The van der Waals surface area contributed by atoms with E-state index in [1.165, 1.54) is 32.1 Å². The maximum atomic E-state index is 2.30. The lowest BCUT2D eigenvalue weighted by molar-refractivity contribution is 0.695. The molecule has 0 nitrogen and oxygen atoms in total. The van der Waals surface area contributed by atoms with Crippen LogP contribution in [0.5, 0.6) is 0 Å². The van der Waals surface area contributed by atoms with Gasteiger partial charge in [0.05, 0.1) is 0 Å². The molecule has 0 spiro atoms. The fourth-order valence-corrected chi connectivity index (χ4v) is 1.39. The lowest BCUT2D eigenvalue weighted by Gasteiger charge is -1.94. The van der Waals surface area contributed by atoms with Crippen LogP contribution in [0.2, 0.25) is 0 Å². The van der Waals surface area contributed by atoms with E-state index >= 15 is 0 Å². The third-order valence-electron chi connectivity index (χ3n) is 2.17. The average molecular weight is 175 g/mol. The molecule has 71 valence electrons. The molecule has 0 bridgehead atoms. The van der Waals surface area contributed by atoms with Crippen molar-refractivity contribution in [2.75, 3.05) is 0 Å². The second kappa shape index (κ2) is 7.85. The van der Waals surface area contributed by atoms with Crippen molar-refractivity contribution in [2.45, 2.75) is 38.5 Å². The molecule has 0 fully saturated rings. The van der Waals surface area contributed by atoms with Gasteiger partial charge >= 0.3 is 0 Å². The molecule has 0 atom stereocenters. The molecule has 0 aromatic rings. The summed E-state index contributed by atoms with van der Waals surface area (Å²) in [7, 11) is 0. The molecule has 1 aliphatic rings. The van der Waals surface area contributed by atoms with Crippen LogP contribution in [0.1, 0.15) is 38.5 Å². The third-order valence-corrected chi connectivity index (χ3v) is 2.17. The van der Waals surface area contributed by atoms with Crippen molar-refractivity contribution in [1.82, 2.24) is 0 Å². The Labute approximate surface area is 82.0 Å². The predicted molar refractivity (Wildman–Crippen MR) is 59.4 cm³/mol. The van der Waals surface area contributed by atoms with E-state index in [1.807, 2.05) is 0 Å². The van der Waals surface area contributed by atoms with Crippen molar-refractivity contribution in [3.8, 4) is 0 Å². The Kier molecular flexibility index (Phi) is 6.22. The van der Waals surface area contributed by atoms with Crippen LogP contribution in [0.3, 0.4) is 0 Å². The number of rotatable bonds is 0.